The molecular weight excluding hydrogens is 337 g/mol. The normalized spacial score (nSPS) is 19.3. The van der Waals surface area contributed by atoms with Gasteiger partial charge in [-0.3, -0.25) is 4.79 Å². The van der Waals surface area contributed by atoms with Gasteiger partial charge in [0.1, 0.15) is 0 Å². The van der Waals surface area contributed by atoms with Gasteiger partial charge in [0.25, 0.3) is 5.91 Å². The van der Waals surface area contributed by atoms with Crippen LogP contribution in [0, 0.1) is 0 Å². The van der Waals surface area contributed by atoms with Crippen molar-refractivity contribution in [3.8, 4) is 0 Å². The number of amides is 1. The Morgan fingerprint density at radius 1 is 1.35 bits per heavy atom. The summed E-state index contributed by atoms with van der Waals surface area (Å²) in [6, 6.07) is 4.97. The number of benzene rings is 1. The maximum Gasteiger partial charge on any atom is 0.340 e. The first kappa shape index (κ1) is 18.1. The number of piperidine rings is 1. The predicted molar refractivity (Wildman–Crippen MR) is 91.0 cm³/mol. The topological polar surface area (TPSA) is 46.6 Å². The molecule has 1 amide bonds. The average Bonchev–Trinajstić information content (AvgIpc) is 2.56. The number of carbonyl (C=O) groups is 2. The van der Waals surface area contributed by atoms with E-state index < -0.39 is 12.1 Å². The van der Waals surface area contributed by atoms with Crippen molar-refractivity contribution in [1.82, 2.24) is 4.90 Å². The SMILES string of the molecule is CCC1CCCCN1C(=O)C(C)OC(=O)c1cccc(Cl)c1Cl. The molecule has 4 nitrogen and oxygen atoms in total. The zero-order valence-corrected chi connectivity index (χ0v) is 14.9. The summed E-state index contributed by atoms with van der Waals surface area (Å²) in [4.78, 5) is 26.6. The van der Waals surface area contributed by atoms with Crippen molar-refractivity contribution in [3.05, 3.63) is 33.8 Å². The second-order valence-electron chi connectivity index (χ2n) is 5.74. The van der Waals surface area contributed by atoms with Crippen LogP contribution in [0.15, 0.2) is 18.2 Å². The van der Waals surface area contributed by atoms with E-state index in [0.29, 0.717) is 0 Å². The fourth-order valence-corrected chi connectivity index (χ4v) is 3.26. The number of hydrogen-bond acceptors (Lipinski definition) is 3. The minimum Gasteiger partial charge on any atom is -0.449 e. The molecular formula is C17H21Cl2NO3. The maximum atomic E-state index is 12.6. The van der Waals surface area contributed by atoms with Crippen molar-refractivity contribution in [2.75, 3.05) is 6.54 Å². The molecule has 126 valence electrons. The van der Waals surface area contributed by atoms with Crippen LogP contribution < -0.4 is 0 Å². The van der Waals surface area contributed by atoms with Crippen LogP contribution in [0.3, 0.4) is 0 Å². The van der Waals surface area contributed by atoms with Crippen LogP contribution in [0.25, 0.3) is 0 Å². The van der Waals surface area contributed by atoms with E-state index >= 15 is 0 Å². The second-order valence-corrected chi connectivity index (χ2v) is 6.52. The Balaban J connectivity index is 2.05. The summed E-state index contributed by atoms with van der Waals surface area (Å²) in [6.07, 6.45) is 3.19. The van der Waals surface area contributed by atoms with Gasteiger partial charge >= 0.3 is 5.97 Å². The molecule has 1 aliphatic heterocycles. The molecule has 0 spiro atoms. The van der Waals surface area contributed by atoms with Crippen LogP contribution >= 0.6 is 23.2 Å². The number of likely N-dealkylation sites (tertiary alicyclic amines) is 1. The van der Waals surface area contributed by atoms with E-state index in [0.717, 1.165) is 32.2 Å². The van der Waals surface area contributed by atoms with E-state index in [4.69, 9.17) is 27.9 Å². The molecule has 1 fully saturated rings. The molecule has 0 radical (unpaired) electrons. The van der Waals surface area contributed by atoms with Gasteiger partial charge in [0.2, 0.25) is 0 Å². The lowest BCUT2D eigenvalue weighted by Crippen LogP contribution is -2.48. The third-order valence-corrected chi connectivity index (χ3v) is 5.00. The summed E-state index contributed by atoms with van der Waals surface area (Å²) < 4.78 is 5.31. The maximum absolute atomic E-state index is 12.6. The minimum atomic E-state index is -0.843. The molecule has 23 heavy (non-hydrogen) atoms. The summed E-state index contributed by atoms with van der Waals surface area (Å²) in [6.45, 7) is 4.38. The molecule has 0 bridgehead atoms. The molecule has 1 aromatic rings. The van der Waals surface area contributed by atoms with Gasteiger partial charge in [0.15, 0.2) is 6.10 Å². The molecule has 2 atom stereocenters. The van der Waals surface area contributed by atoms with Gasteiger partial charge < -0.3 is 9.64 Å². The summed E-state index contributed by atoms with van der Waals surface area (Å²) >= 11 is 11.9. The number of hydrogen-bond donors (Lipinski definition) is 0. The Hall–Kier alpha value is -1.26. The first-order valence-corrected chi connectivity index (χ1v) is 8.66. The average molecular weight is 358 g/mol. The van der Waals surface area contributed by atoms with Crippen LogP contribution in [-0.4, -0.2) is 35.5 Å². The van der Waals surface area contributed by atoms with Gasteiger partial charge in [-0.25, -0.2) is 4.79 Å². The van der Waals surface area contributed by atoms with Crippen molar-refractivity contribution in [2.45, 2.75) is 51.7 Å². The Morgan fingerprint density at radius 3 is 2.78 bits per heavy atom. The quantitative estimate of drug-likeness (QED) is 0.753. The molecule has 1 aromatic carbocycles. The highest BCUT2D eigenvalue weighted by molar-refractivity contribution is 6.43. The smallest absolute Gasteiger partial charge is 0.340 e. The molecule has 1 saturated heterocycles. The van der Waals surface area contributed by atoms with Crippen LogP contribution in [-0.2, 0) is 9.53 Å². The minimum absolute atomic E-state index is 0.142. The molecule has 2 rings (SSSR count). The van der Waals surface area contributed by atoms with E-state index in [-0.39, 0.29) is 27.6 Å². The fourth-order valence-electron chi connectivity index (χ4n) is 2.88. The fraction of sp³-hybridized carbons (Fsp3) is 0.529. The summed E-state index contributed by atoms with van der Waals surface area (Å²) in [5, 5.41) is 0.422. The standard InChI is InChI=1S/C17H21Cl2NO3/c1-3-12-7-4-5-10-20(12)16(21)11(2)23-17(22)13-8-6-9-14(18)15(13)19/h6,8-9,11-12H,3-5,7,10H2,1-2H3. The highest BCUT2D eigenvalue weighted by atomic mass is 35.5. The van der Waals surface area contributed by atoms with Crippen LogP contribution in [0.4, 0.5) is 0 Å². The summed E-state index contributed by atoms with van der Waals surface area (Å²) in [7, 11) is 0. The third-order valence-electron chi connectivity index (χ3n) is 4.18. The van der Waals surface area contributed by atoms with E-state index in [1.54, 1.807) is 19.1 Å². The number of ether oxygens (including phenoxy) is 1. The number of rotatable bonds is 4. The lowest BCUT2D eigenvalue weighted by Gasteiger charge is -2.36. The van der Waals surface area contributed by atoms with E-state index in [9.17, 15) is 9.59 Å². The largest absolute Gasteiger partial charge is 0.449 e. The van der Waals surface area contributed by atoms with Crippen molar-refractivity contribution in [3.63, 3.8) is 0 Å². The van der Waals surface area contributed by atoms with Crippen molar-refractivity contribution in [2.24, 2.45) is 0 Å². The lowest BCUT2D eigenvalue weighted by atomic mass is 9.99. The first-order chi connectivity index (χ1) is 11.0. The third kappa shape index (κ3) is 4.18. The van der Waals surface area contributed by atoms with Crippen molar-refractivity contribution >= 4 is 35.1 Å². The molecule has 0 saturated carbocycles. The highest BCUT2D eigenvalue weighted by Gasteiger charge is 2.31. The molecule has 1 heterocycles. The van der Waals surface area contributed by atoms with Crippen LogP contribution in [0.2, 0.25) is 10.0 Å². The molecule has 0 aromatic heterocycles. The highest BCUT2D eigenvalue weighted by Crippen LogP contribution is 2.27. The molecule has 0 aliphatic carbocycles. The predicted octanol–water partition coefficient (Wildman–Crippen LogP) is 4.33. The molecule has 2 unspecified atom stereocenters. The monoisotopic (exact) mass is 357 g/mol. The van der Waals surface area contributed by atoms with E-state index in [1.165, 1.54) is 6.07 Å². The number of carbonyl (C=O) groups excluding carboxylic acids is 2. The summed E-state index contributed by atoms with van der Waals surface area (Å²) in [5.74, 6) is -0.786. The number of esters is 1. The number of nitrogens with zero attached hydrogens (tertiary/aromatic N) is 1. The Bertz CT molecular complexity index is 591. The first-order valence-electron chi connectivity index (χ1n) is 7.91. The van der Waals surface area contributed by atoms with Gasteiger partial charge in [-0.1, -0.05) is 36.2 Å². The van der Waals surface area contributed by atoms with Crippen LogP contribution in [0.5, 0.6) is 0 Å². The van der Waals surface area contributed by atoms with Crippen LogP contribution in [0.1, 0.15) is 49.9 Å². The van der Waals surface area contributed by atoms with Crippen molar-refractivity contribution in [1.29, 1.82) is 0 Å². The molecule has 6 heteroatoms. The van der Waals surface area contributed by atoms with Gasteiger partial charge in [0, 0.05) is 12.6 Å². The van der Waals surface area contributed by atoms with E-state index in [1.807, 2.05) is 4.90 Å². The second kappa shape index (κ2) is 8.02. The lowest BCUT2D eigenvalue weighted by molar-refractivity contribution is -0.143. The zero-order chi connectivity index (χ0) is 17.0. The molecule has 1 aliphatic rings. The van der Waals surface area contributed by atoms with Gasteiger partial charge in [-0.05, 0) is 44.7 Å². The Labute approximate surface area is 146 Å². The van der Waals surface area contributed by atoms with E-state index in [2.05, 4.69) is 6.92 Å². The van der Waals surface area contributed by atoms with Gasteiger partial charge in [-0.15, -0.1) is 0 Å². The number of halogens is 2. The van der Waals surface area contributed by atoms with Gasteiger partial charge in [-0.2, -0.15) is 0 Å². The Kier molecular flexibility index (Phi) is 6.31. The van der Waals surface area contributed by atoms with Crippen molar-refractivity contribution < 1.29 is 14.3 Å². The zero-order valence-electron chi connectivity index (χ0n) is 13.4. The van der Waals surface area contributed by atoms with Gasteiger partial charge in [0.05, 0.1) is 15.6 Å². The molecule has 0 N–H and O–H groups in total. The Morgan fingerprint density at radius 2 is 2.09 bits per heavy atom. The summed E-state index contributed by atoms with van der Waals surface area (Å²) in [5.41, 5.74) is 0.171.